The Balaban J connectivity index is 1.66. The predicted octanol–water partition coefficient (Wildman–Crippen LogP) is 3.67. The molecule has 0 aliphatic heterocycles. The van der Waals surface area contributed by atoms with Crippen LogP contribution in [0, 0.1) is 0 Å². The minimum Gasteiger partial charge on any atom is -0.347 e. The molecular weight excluding hydrogens is 310 g/mol. The third-order valence-electron chi connectivity index (χ3n) is 3.97. The van der Waals surface area contributed by atoms with Crippen molar-refractivity contribution < 1.29 is 4.79 Å². The Kier molecular flexibility index (Phi) is 3.76. The second-order valence-corrected chi connectivity index (χ2v) is 7.61. The van der Waals surface area contributed by atoms with Crippen LogP contribution in [0.4, 0.5) is 0 Å². The van der Waals surface area contributed by atoms with Gasteiger partial charge in [-0.15, -0.1) is 11.3 Å². The molecule has 1 fully saturated rings. The first kappa shape index (κ1) is 12.7. The van der Waals surface area contributed by atoms with Gasteiger partial charge in [0.25, 0.3) is 5.91 Å². The molecule has 0 aromatic carbocycles. The molecule has 2 unspecified atom stereocenters. The zero-order valence-electron chi connectivity index (χ0n) is 10.4. The van der Waals surface area contributed by atoms with Crippen LogP contribution in [0.2, 0.25) is 0 Å². The van der Waals surface area contributed by atoms with Gasteiger partial charge in [0.2, 0.25) is 0 Å². The van der Waals surface area contributed by atoms with Crippen LogP contribution in [0.25, 0.3) is 0 Å². The van der Waals surface area contributed by atoms with Crippen LogP contribution in [0.5, 0.6) is 0 Å². The van der Waals surface area contributed by atoms with Crippen LogP contribution in [-0.4, -0.2) is 16.8 Å². The van der Waals surface area contributed by atoms with Crippen LogP contribution in [0.15, 0.2) is 6.07 Å². The molecule has 2 aliphatic rings. The molecule has 0 saturated heterocycles. The largest absolute Gasteiger partial charge is 0.347 e. The number of alkyl halides is 1. The lowest BCUT2D eigenvalue weighted by Gasteiger charge is -2.27. The molecule has 1 saturated carbocycles. The number of thiophene rings is 1. The molecule has 98 valence electrons. The first-order valence-electron chi connectivity index (χ1n) is 6.80. The molecule has 0 spiro atoms. The number of fused-ring (bicyclic) bond motifs is 1. The highest BCUT2D eigenvalue weighted by Gasteiger charge is 2.26. The van der Waals surface area contributed by atoms with Crippen LogP contribution in [0.1, 0.15) is 52.2 Å². The highest BCUT2D eigenvalue weighted by Crippen LogP contribution is 2.31. The summed E-state index contributed by atoms with van der Waals surface area (Å²) in [6.07, 6.45) is 8.36. The van der Waals surface area contributed by atoms with Gasteiger partial charge in [0.1, 0.15) is 0 Å². The number of rotatable bonds is 2. The molecule has 1 aromatic rings. The number of nitrogens with one attached hydrogen (secondary N) is 1. The average Bonchev–Trinajstić information content (AvgIpc) is 2.92. The number of hydrogen-bond donors (Lipinski definition) is 1. The molecule has 1 N–H and O–H groups in total. The Bertz CT molecular complexity index is 435. The second-order valence-electron chi connectivity index (χ2n) is 5.29. The smallest absolute Gasteiger partial charge is 0.261 e. The lowest BCUT2D eigenvalue weighted by Crippen LogP contribution is -2.42. The van der Waals surface area contributed by atoms with Crippen molar-refractivity contribution in [1.29, 1.82) is 0 Å². The fourth-order valence-electron chi connectivity index (χ4n) is 2.93. The van der Waals surface area contributed by atoms with Crippen molar-refractivity contribution in [2.75, 3.05) is 0 Å². The Morgan fingerprint density at radius 2 is 2.11 bits per heavy atom. The summed E-state index contributed by atoms with van der Waals surface area (Å²) in [7, 11) is 0. The summed E-state index contributed by atoms with van der Waals surface area (Å²) in [5.41, 5.74) is 1.41. The second kappa shape index (κ2) is 5.33. The monoisotopic (exact) mass is 327 g/mol. The van der Waals surface area contributed by atoms with E-state index in [0.29, 0.717) is 10.9 Å². The maximum absolute atomic E-state index is 12.2. The van der Waals surface area contributed by atoms with Gasteiger partial charge in [-0.2, -0.15) is 0 Å². The summed E-state index contributed by atoms with van der Waals surface area (Å²) in [5, 5.41) is 3.20. The van der Waals surface area contributed by atoms with E-state index in [9.17, 15) is 4.79 Å². The SMILES string of the molecule is O=C(NC1CCCCC1Br)c1cc2c(s1)CCC2. The Morgan fingerprint density at radius 3 is 2.89 bits per heavy atom. The van der Waals surface area contributed by atoms with Gasteiger partial charge in [0, 0.05) is 15.7 Å². The van der Waals surface area contributed by atoms with Gasteiger partial charge in [0.15, 0.2) is 0 Å². The fraction of sp³-hybridized carbons (Fsp3) is 0.643. The lowest BCUT2D eigenvalue weighted by molar-refractivity contribution is 0.0934. The van der Waals surface area contributed by atoms with Gasteiger partial charge >= 0.3 is 0 Å². The van der Waals surface area contributed by atoms with Gasteiger partial charge in [0.05, 0.1) is 4.88 Å². The van der Waals surface area contributed by atoms with Crippen molar-refractivity contribution in [1.82, 2.24) is 5.32 Å². The Morgan fingerprint density at radius 1 is 1.28 bits per heavy atom. The minimum absolute atomic E-state index is 0.130. The Hall–Kier alpha value is -0.350. The van der Waals surface area contributed by atoms with Crippen LogP contribution in [-0.2, 0) is 12.8 Å². The highest BCUT2D eigenvalue weighted by atomic mass is 79.9. The molecule has 1 aromatic heterocycles. The number of aryl methyl sites for hydroxylation is 2. The van der Waals surface area contributed by atoms with Crippen LogP contribution >= 0.6 is 27.3 Å². The summed E-state index contributed by atoms with van der Waals surface area (Å²) >= 11 is 5.38. The van der Waals surface area contributed by atoms with Crippen molar-refractivity contribution in [2.24, 2.45) is 0 Å². The van der Waals surface area contributed by atoms with Crippen LogP contribution in [0.3, 0.4) is 0 Å². The van der Waals surface area contributed by atoms with E-state index in [1.807, 2.05) is 0 Å². The molecule has 2 atom stereocenters. The van der Waals surface area contributed by atoms with E-state index in [4.69, 9.17) is 0 Å². The molecule has 2 nitrogen and oxygen atoms in total. The summed E-state index contributed by atoms with van der Waals surface area (Å²) < 4.78 is 0. The van der Waals surface area contributed by atoms with Gasteiger partial charge in [-0.05, 0) is 43.7 Å². The third-order valence-corrected chi connectivity index (χ3v) is 6.30. The van der Waals surface area contributed by atoms with E-state index in [-0.39, 0.29) is 5.91 Å². The highest BCUT2D eigenvalue weighted by molar-refractivity contribution is 9.09. The van der Waals surface area contributed by atoms with Crippen molar-refractivity contribution >= 4 is 33.2 Å². The number of halogens is 1. The standard InChI is InChI=1S/C14H18BrNOS/c15-10-5-1-2-6-11(10)16-14(17)13-8-9-4-3-7-12(9)18-13/h8,10-11H,1-7H2,(H,16,17). The average molecular weight is 328 g/mol. The van der Waals surface area contributed by atoms with Crippen molar-refractivity contribution in [3.05, 3.63) is 21.4 Å². The molecule has 2 aliphatic carbocycles. The predicted molar refractivity (Wildman–Crippen MR) is 78.8 cm³/mol. The van der Waals surface area contributed by atoms with E-state index in [1.165, 1.54) is 36.1 Å². The maximum atomic E-state index is 12.2. The lowest BCUT2D eigenvalue weighted by atomic mass is 9.95. The zero-order chi connectivity index (χ0) is 12.5. The van der Waals surface area contributed by atoms with Gasteiger partial charge in [-0.25, -0.2) is 0 Å². The molecule has 4 heteroatoms. The molecule has 0 bridgehead atoms. The van der Waals surface area contributed by atoms with Gasteiger partial charge in [-0.3, -0.25) is 4.79 Å². The Labute approximate surface area is 120 Å². The molecule has 3 rings (SSSR count). The number of hydrogen-bond acceptors (Lipinski definition) is 2. The summed E-state index contributed by atoms with van der Waals surface area (Å²) in [5.74, 6) is 0.130. The van der Waals surface area contributed by atoms with E-state index in [2.05, 4.69) is 27.3 Å². The normalized spacial score (nSPS) is 26.9. The summed E-state index contributed by atoms with van der Waals surface area (Å²) in [6, 6.07) is 2.41. The van der Waals surface area contributed by atoms with Crippen molar-refractivity contribution in [3.8, 4) is 0 Å². The van der Waals surface area contributed by atoms with Crippen molar-refractivity contribution in [2.45, 2.75) is 55.8 Å². The summed E-state index contributed by atoms with van der Waals surface area (Å²) in [6.45, 7) is 0. The molecule has 1 amide bonds. The topological polar surface area (TPSA) is 29.1 Å². The fourth-order valence-corrected chi connectivity index (χ4v) is 4.81. The zero-order valence-corrected chi connectivity index (χ0v) is 12.8. The minimum atomic E-state index is 0.130. The quantitative estimate of drug-likeness (QED) is 0.825. The van der Waals surface area contributed by atoms with E-state index in [1.54, 1.807) is 11.3 Å². The maximum Gasteiger partial charge on any atom is 0.261 e. The first-order chi connectivity index (χ1) is 8.74. The molecule has 0 radical (unpaired) electrons. The molecule has 1 heterocycles. The van der Waals surface area contributed by atoms with Crippen molar-refractivity contribution in [3.63, 3.8) is 0 Å². The van der Waals surface area contributed by atoms with E-state index in [0.717, 1.165) is 24.1 Å². The van der Waals surface area contributed by atoms with E-state index >= 15 is 0 Å². The third kappa shape index (κ3) is 2.50. The number of carbonyl (C=O) groups excluding carboxylic acids is 1. The molecular formula is C14H18BrNOS. The van der Waals surface area contributed by atoms with Gasteiger partial charge in [-0.1, -0.05) is 28.8 Å². The van der Waals surface area contributed by atoms with E-state index < -0.39 is 0 Å². The number of amides is 1. The van der Waals surface area contributed by atoms with Gasteiger partial charge < -0.3 is 5.32 Å². The summed E-state index contributed by atoms with van der Waals surface area (Å²) in [4.78, 5) is 15.0. The number of carbonyl (C=O) groups is 1. The first-order valence-corrected chi connectivity index (χ1v) is 8.54. The van der Waals surface area contributed by atoms with Crippen LogP contribution < -0.4 is 5.32 Å². The molecule has 18 heavy (non-hydrogen) atoms.